The monoisotopic (exact) mass is 682 g/mol. The Kier molecular flexibility index (Phi) is 9.40. The summed E-state index contributed by atoms with van der Waals surface area (Å²) in [5.41, 5.74) is -0.0194. The lowest BCUT2D eigenvalue weighted by Crippen LogP contribution is -2.69. The molecule has 6 aliphatic rings. The minimum atomic E-state index is -0.749. The van der Waals surface area contributed by atoms with Crippen molar-refractivity contribution in [2.75, 3.05) is 32.8 Å². The number of hydrogen-bond donors (Lipinski definition) is 1. The number of rotatable bonds is 5. The lowest BCUT2D eigenvalue weighted by molar-refractivity contribution is -0.256. The molecule has 0 spiro atoms. The van der Waals surface area contributed by atoms with Crippen LogP contribution in [0.25, 0.3) is 0 Å². The molecule has 9 nitrogen and oxygen atoms in total. The fourth-order valence-electron chi connectivity index (χ4n) is 13.1. The summed E-state index contributed by atoms with van der Waals surface area (Å²) in [5.74, 6) is 0.683. The van der Waals surface area contributed by atoms with Gasteiger partial charge in [-0.1, -0.05) is 53.2 Å². The van der Waals surface area contributed by atoms with E-state index in [9.17, 15) is 19.2 Å². The third kappa shape index (κ3) is 5.49. The van der Waals surface area contributed by atoms with E-state index in [0.29, 0.717) is 24.2 Å². The summed E-state index contributed by atoms with van der Waals surface area (Å²) in [6.07, 6.45) is 8.48. The van der Waals surface area contributed by atoms with Gasteiger partial charge in [0.05, 0.1) is 5.41 Å². The molecule has 0 aromatic rings. The van der Waals surface area contributed by atoms with Crippen LogP contribution in [0, 0.1) is 56.7 Å². The van der Waals surface area contributed by atoms with Crippen molar-refractivity contribution in [3.05, 3.63) is 11.6 Å². The molecule has 0 bridgehead atoms. The molecule has 0 aromatic heterocycles. The van der Waals surface area contributed by atoms with Crippen molar-refractivity contribution in [2.24, 2.45) is 56.7 Å². The second kappa shape index (κ2) is 12.7. The molecular weight excluding hydrogens is 620 g/mol. The smallest absolute Gasteiger partial charge is 0.303 e. The Morgan fingerprint density at radius 2 is 1.53 bits per heavy atom. The summed E-state index contributed by atoms with van der Waals surface area (Å²) in [5, 5.41) is 3.43. The van der Waals surface area contributed by atoms with E-state index in [2.05, 4.69) is 57.8 Å². The van der Waals surface area contributed by atoms with Gasteiger partial charge in [0, 0.05) is 52.4 Å². The summed E-state index contributed by atoms with van der Waals surface area (Å²) in [6.45, 7) is 21.8. The molecule has 4 saturated carbocycles. The number of esters is 3. The minimum absolute atomic E-state index is 0.0651. The molecule has 5 aliphatic carbocycles. The van der Waals surface area contributed by atoms with Crippen molar-refractivity contribution in [1.82, 2.24) is 10.2 Å². The molecule has 1 amide bonds. The molecule has 0 radical (unpaired) electrons. The molecule has 1 heterocycles. The van der Waals surface area contributed by atoms with E-state index in [1.807, 2.05) is 0 Å². The topological polar surface area (TPSA) is 111 Å². The van der Waals surface area contributed by atoms with Gasteiger partial charge in [0.1, 0.15) is 18.8 Å². The molecule has 6 rings (SSSR count). The van der Waals surface area contributed by atoms with Crippen molar-refractivity contribution in [1.29, 1.82) is 0 Å². The molecule has 0 unspecified atom stereocenters. The Hall–Kier alpha value is -2.42. The van der Waals surface area contributed by atoms with Crippen LogP contribution in [0.4, 0.5) is 0 Å². The largest absolute Gasteiger partial charge is 0.465 e. The third-order valence-electron chi connectivity index (χ3n) is 15.7. The summed E-state index contributed by atoms with van der Waals surface area (Å²) in [6, 6.07) is 0. The number of piperazine rings is 1. The molecule has 1 saturated heterocycles. The molecule has 49 heavy (non-hydrogen) atoms. The molecule has 0 aromatic carbocycles. The zero-order valence-electron chi connectivity index (χ0n) is 31.6. The number of fused-ring (bicyclic) bond motifs is 7. The SMILES string of the molecule is CC(=O)OC[C@@]1(C)[C@@H]2CC[C@]3(C)[C@H](CC=C4[C@@H]5[C@@H](C)[C@H](C)CC[C@]5(C(=O)N5CCNCC5)CC[C@]43C)[C@@]2(C)C[C@@H](OC(C)=O)[C@@H]1OC(C)=O. The Labute approximate surface area is 294 Å². The van der Waals surface area contributed by atoms with Crippen LogP contribution in [0.1, 0.15) is 114 Å². The maximum atomic E-state index is 14.7. The minimum Gasteiger partial charge on any atom is -0.465 e. The van der Waals surface area contributed by atoms with E-state index in [1.165, 1.54) is 26.3 Å². The average Bonchev–Trinajstić information content (AvgIpc) is 3.03. The predicted octanol–water partition coefficient (Wildman–Crippen LogP) is 6.09. The zero-order valence-corrected chi connectivity index (χ0v) is 31.6. The fraction of sp³-hybridized carbons (Fsp3) is 0.850. The van der Waals surface area contributed by atoms with Gasteiger partial charge in [0.2, 0.25) is 5.91 Å². The molecule has 9 heteroatoms. The number of allylic oxidation sites excluding steroid dienone is 2. The first kappa shape index (κ1) is 36.4. The van der Waals surface area contributed by atoms with Crippen LogP contribution in [0.15, 0.2) is 11.6 Å². The summed E-state index contributed by atoms with van der Waals surface area (Å²) in [7, 11) is 0. The maximum absolute atomic E-state index is 14.7. The maximum Gasteiger partial charge on any atom is 0.303 e. The molecule has 12 atom stereocenters. The van der Waals surface area contributed by atoms with E-state index in [4.69, 9.17) is 14.2 Å². The summed E-state index contributed by atoms with van der Waals surface area (Å²) in [4.78, 5) is 54.2. The third-order valence-corrected chi connectivity index (χ3v) is 15.7. The van der Waals surface area contributed by atoms with Crippen molar-refractivity contribution in [3.63, 3.8) is 0 Å². The van der Waals surface area contributed by atoms with Crippen LogP contribution < -0.4 is 5.32 Å². The second-order valence-electron chi connectivity index (χ2n) is 18.0. The van der Waals surface area contributed by atoms with Gasteiger partial charge >= 0.3 is 17.9 Å². The number of nitrogens with one attached hydrogen (secondary N) is 1. The molecular formula is C40H62N2O7. The first-order valence-corrected chi connectivity index (χ1v) is 19.1. The van der Waals surface area contributed by atoms with Crippen LogP contribution >= 0.6 is 0 Å². The predicted molar refractivity (Wildman–Crippen MR) is 186 cm³/mol. The number of amides is 1. The lowest BCUT2D eigenvalue weighted by Gasteiger charge is -2.72. The molecule has 1 N–H and O–H groups in total. The van der Waals surface area contributed by atoms with Crippen LogP contribution in [0.3, 0.4) is 0 Å². The second-order valence-corrected chi connectivity index (χ2v) is 18.0. The summed E-state index contributed by atoms with van der Waals surface area (Å²) >= 11 is 0. The van der Waals surface area contributed by atoms with Crippen LogP contribution in [-0.2, 0) is 33.4 Å². The Bertz CT molecular complexity index is 1390. The normalized spacial score (nSPS) is 46.1. The molecule has 274 valence electrons. The summed E-state index contributed by atoms with van der Waals surface area (Å²) < 4.78 is 17.8. The van der Waals surface area contributed by atoms with Gasteiger partial charge in [0.25, 0.3) is 0 Å². The van der Waals surface area contributed by atoms with Gasteiger partial charge in [-0.05, 0) is 97.2 Å². The Balaban J connectivity index is 1.44. The number of carbonyl (C=O) groups is 4. The van der Waals surface area contributed by atoms with E-state index in [-0.39, 0.29) is 52.0 Å². The highest BCUT2D eigenvalue weighted by Gasteiger charge is 2.72. The van der Waals surface area contributed by atoms with Gasteiger partial charge in [-0.25, -0.2) is 0 Å². The van der Waals surface area contributed by atoms with Crippen molar-refractivity contribution < 1.29 is 33.4 Å². The number of ether oxygens (including phenoxy) is 3. The highest BCUT2D eigenvalue weighted by atomic mass is 16.6. The average molecular weight is 683 g/mol. The highest BCUT2D eigenvalue weighted by molar-refractivity contribution is 5.84. The first-order valence-electron chi connectivity index (χ1n) is 19.1. The lowest BCUT2D eigenvalue weighted by atomic mass is 9.33. The van der Waals surface area contributed by atoms with E-state index >= 15 is 0 Å². The molecule has 1 aliphatic heterocycles. The standard InChI is InChI=1S/C40H62N2O7/c1-24-12-15-40(35(46)42-20-18-41-19-21-42)17-16-38(8)29(33(40)25(24)2)10-11-32-36(6)22-30(48-27(4)44)34(49-28(5)45)37(7,23-47-26(3)43)31(36)13-14-39(32,38)9/h10,24-25,30-34,41H,11-23H2,1-9H3/t24-,25+,30-,31-,32-,33+,34+,36+,37+,38-,39-,40+/m1/s1. The van der Waals surface area contributed by atoms with E-state index in [0.717, 1.165) is 71.1 Å². The van der Waals surface area contributed by atoms with Crippen molar-refractivity contribution in [3.8, 4) is 0 Å². The van der Waals surface area contributed by atoms with Gasteiger partial charge in [0.15, 0.2) is 0 Å². The van der Waals surface area contributed by atoms with E-state index < -0.39 is 29.6 Å². The Morgan fingerprint density at radius 3 is 2.16 bits per heavy atom. The van der Waals surface area contributed by atoms with Gasteiger partial charge in [-0.2, -0.15) is 0 Å². The van der Waals surface area contributed by atoms with Crippen molar-refractivity contribution in [2.45, 2.75) is 126 Å². The zero-order chi connectivity index (χ0) is 35.7. The fourth-order valence-corrected chi connectivity index (χ4v) is 13.1. The van der Waals surface area contributed by atoms with Crippen LogP contribution in [-0.4, -0.2) is 73.7 Å². The Morgan fingerprint density at radius 1 is 0.857 bits per heavy atom. The highest BCUT2D eigenvalue weighted by Crippen LogP contribution is 2.76. The quantitative estimate of drug-likeness (QED) is 0.211. The van der Waals surface area contributed by atoms with Gasteiger partial charge < -0.3 is 24.4 Å². The molecule has 5 fully saturated rings. The van der Waals surface area contributed by atoms with Crippen molar-refractivity contribution >= 4 is 23.8 Å². The number of hydrogen-bond acceptors (Lipinski definition) is 8. The van der Waals surface area contributed by atoms with Gasteiger partial charge in [-0.15, -0.1) is 0 Å². The van der Waals surface area contributed by atoms with Crippen LogP contribution in [0.5, 0.6) is 0 Å². The van der Waals surface area contributed by atoms with Crippen LogP contribution in [0.2, 0.25) is 0 Å². The first-order chi connectivity index (χ1) is 22.9. The number of carbonyl (C=O) groups excluding carboxylic acids is 4. The van der Waals surface area contributed by atoms with E-state index in [1.54, 1.807) is 0 Å². The van der Waals surface area contributed by atoms with Gasteiger partial charge in [-0.3, -0.25) is 19.2 Å². The number of nitrogens with zero attached hydrogens (tertiary/aromatic N) is 1.